The van der Waals surface area contributed by atoms with Crippen LogP contribution in [-0.4, -0.2) is 49.6 Å². The van der Waals surface area contributed by atoms with Gasteiger partial charge in [-0.2, -0.15) is 0 Å². The van der Waals surface area contributed by atoms with Gasteiger partial charge in [0.25, 0.3) is 0 Å². The van der Waals surface area contributed by atoms with Gasteiger partial charge in [0.2, 0.25) is 5.91 Å². The Labute approximate surface area is 98.8 Å². The van der Waals surface area contributed by atoms with E-state index in [1.54, 1.807) is 6.92 Å². The fourth-order valence-corrected chi connectivity index (χ4v) is 2.31. The highest BCUT2D eigenvalue weighted by molar-refractivity contribution is 5.72. The maximum atomic E-state index is 10.8. The van der Waals surface area contributed by atoms with Crippen molar-refractivity contribution in [1.29, 1.82) is 0 Å². The van der Waals surface area contributed by atoms with Crippen LogP contribution in [0.5, 0.6) is 0 Å². The Morgan fingerprint density at radius 2 is 2.06 bits per heavy atom. The first-order valence-electron chi connectivity index (χ1n) is 6.43. The average molecular weight is 227 g/mol. The highest BCUT2D eigenvalue weighted by atomic mass is 16.1. The summed E-state index contributed by atoms with van der Waals surface area (Å²) in [5.74, 6) is 0.0711. The van der Waals surface area contributed by atoms with Crippen LogP contribution in [0.2, 0.25) is 0 Å². The van der Waals surface area contributed by atoms with E-state index in [9.17, 15) is 4.79 Å². The molecule has 2 N–H and O–H groups in total. The molecule has 1 aliphatic heterocycles. The van der Waals surface area contributed by atoms with Crippen LogP contribution < -0.4 is 10.6 Å². The second kappa shape index (κ2) is 7.63. The lowest BCUT2D eigenvalue weighted by atomic mass is 10.0. The third kappa shape index (κ3) is 4.94. The van der Waals surface area contributed by atoms with E-state index >= 15 is 0 Å². The third-order valence-electron chi connectivity index (χ3n) is 3.11. The first kappa shape index (κ1) is 13.5. The summed E-state index contributed by atoms with van der Waals surface area (Å²) >= 11 is 0. The van der Waals surface area contributed by atoms with E-state index in [2.05, 4.69) is 22.5 Å². The van der Waals surface area contributed by atoms with Gasteiger partial charge >= 0.3 is 0 Å². The normalized spacial score (nSPS) is 17.7. The Kier molecular flexibility index (Phi) is 6.42. The van der Waals surface area contributed by atoms with Gasteiger partial charge in [-0.15, -0.1) is 0 Å². The van der Waals surface area contributed by atoms with Crippen molar-refractivity contribution in [2.24, 2.45) is 0 Å². The molecule has 0 saturated carbocycles. The zero-order valence-corrected chi connectivity index (χ0v) is 10.6. The van der Waals surface area contributed by atoms with Gasteiger partial charge in [0.1, 0.15) is 0 Å². The van der Waals surface area contributed by atoms with Crippen molar-refractivity contribution >= 4 is 5.91 Å². The molecule has 16 heavy (non-hydrogen) atoms. The van der Waals surface area contributed by atoms with Crippen molar-refractivity contribution in [3.05, 3.63) is 0 Å². The molecule has 4 nitrogen and oxygen atoms in total. The van der Waals surface area contributed by atoms with Crippen molar-refractivity contribution in [3.8, 4) is 0 Å². The number of nitrogens with zero attached hydrogens (tertiary/aromatic N) is 1. The van der Waals surface area contributed by atoms with Gasteiger partial charge in [-0.25, -0.2) is 0 Å². The van der Waals surface area contributed by atoms with Crippen LogP contribution in [0.25, 0.3) is 0 Å². The molecule has 0 bridgehead atoms. The fraction of sp³-hybridized carbons (Fsp3) is 0.917. The molecule has 0 radical (unpaired) electrons. The molecule has 0 atom stereocenters. The van der Waals surface area contributed by atoms with Crippen LogP contribution in [0.15, 0.2) is 0 Å². The molecular formula is C12H25N3O. The molecule has 1 heterocycles. The van der Waals surface area contributed by atoms with E-state index < -0.39 is 0 Å². The predicted molar refractivity (Wildman–Crippen MR) is 66.4 cm³/mol. The summed E-state index contributed by atoms with van der Waals surface area (Å²) in [4.78, 5) is 13.3. The van der Waals surface area contributed by atoms with E-state index in [0.717, 1.165) is 32.7 Å². The van der Waals surface area contributed by atoms with Gasteiger partial charge in [0.15, 0.2) is 0 Å². The maximum Gasteiger partial charge on any atom is 0.216 e. The largest absolute Gasteiger partial charge is 0.355 e. The number of carbonyl (C=O) groups is 1. The van der Waals surface area contributed by atoms with Crippen molar-refractivity contribution < 1.29 is 4.79 Å². The van der Waals surface area contributed by atoms with Crippen LogP contribution in [0.1, 0.15) is 33.1 Å². The summed E-state index contributed by atoms with van der Waals surface area (Å²) in [6.07, 6.45) is 3.66. The van der Waals surface area contributed by atoms with Gasteiger partial charge in [-0.1, -0.05) is 6.92 Å². The van der Waals surface area contributed by atoms with Crippen LogP contribution >= 0.6 is 0 Å². The summed E-state index contributed by atoms with van der Waals surface area (Å²) in [6.45, 7) is 8.96. The van der Waals surface area contributed by atoms with Gasteiger partial charge < -0.3 is 10.6 Å². The lowest BCUT2D eigenvalue weighted by Gasteiger charge is -2.34. The number of hydrogen-bond acceptors (Lipinski definition) is 3. The zero-order valence-electron chi connectivity index (χ0n) is 10.6. The first-order valence-corrected chi connectivity index (χ1v) is 6.43. The maximum absolute atomic E-state index is 10.8. The Bertz CT molecular complexity index is 202. The molecule has 0 aliphatic carbocycles. The van der Waals surface area contributed by atoms with Crippen molar-refractivity contribution in [1.82, 2.24) is 15.5 Å². The number of amides is 1. The van der Waals surface area contributed by atoms with E-state index in [4.69, 9.17) is 0 Å². The van der Waals surface area contributed by atoms with Crippen molar-refractivity contribution in [3.63, 3.8) is 0 Å². The molecule has 0 unspecified atom stereocenters. The third-order valence-corrected chi connectivity index (χ3v) is 3.11. The molecule has 1 rings (SSSR count). The lowest BCUT2D eigenvalue weighted by molar-refractivity contribution is -0.119. The topological polar surface area (TPSA) is 44.4 Å². The molecular weight excluding hydrogens is 202 g/mol. The summed E-state index contributed by atoms with van der Waals surface area (Å²) < 4.78 is 0. The predicted octanol–water partition coefficient (Wildman–Crippen LogP) is 0.587. The summed E-state index contributed by atoms with van der Waals surface area (Å²) in [7, 11) is 0. The second-order valence-corrected chi connectivity index (χ2v) is 4.50. The molecule has 0 aromatic carbocycles. The van der Waals surface area contributed by atoms with Gasteiger partial charge in [-0.05, 0) is 38.9 Å². The Morgan fingerprint density at radius 1 is 1.38 bits per heavy atom. The van der Waals surface area contributed by atoms with Crippen LogP contribution in [0, 0.1) is 0 Å². The van der Waals surface area contributed by atoms with Gasteiger partial charge in [0.05, 0.1) is 0 Å². The fourth-order valence-electron chi connectivity index (χ4n) is 2.31. The van der Waals surface area contributed by atoms with Gasteiger partial charge in [-0.3, -0.25) is 9.69 Å². The molecule has 94 valence electrons. The van der Waals surface area contributed by atoms with E-state index in [0.29, 0.717) is 6.04 Å². The minimum atomic E-state index is 0.0711. The molecule has 1 amide bonds. The Hall–Kier alpha value is -0.610. The summed E-state index contributed by atoms with van der Waals surface area (Å²) in [5.41, 5.74) is 0. The summed E-state index contributed by atoms with van der Waals surface area (Å²) in [6, 6.07) is 0.704. The molecule has 0 aromatic rings. The second-order valence-electron chi connectivity index (χ2n) is 4.50. The minimum absolute atomic E-state index is 0.0711. The quantitative estimate of drug-likeness (QED) is 0.698. The van der Waals surface area contributed by atoms with Crippen molar-refractivity contribution in [2.75, 3.05) is 32.7 Å². The Balaban J connectivity index is 2.30. The lowest BCUT2D eigenvalue weighted by Crippen LogP contribution is -2.46. The highest BCUT2D eigenvalue weighted by Gasteiger charge is 2.19. The molecule has 1 fully saturated rings. The first-order chi connectivity index (χ1) is 7.74. The number of carbonyl (C=O) groups excluding carboxylic acids is 1. The molecule has 1 saturated heterocycles. The standard InChI is InChI=1S/C12H25N3O/c1-3-9-15(10-8-14-11(2)16)12-4-6-13-7-5-12/h12-13H,3-10H2,1-2H3,(H,14,16). The number of piperidine rings is 1. The number of nitrogens with one attached hydrogen (secondary N) is 2. The SMILES string of the molecule is CCCN(CCNC(C)=O)C1CCNCC1. The van der Waals surface area contributed by atoms with Crippen LogP contribution in [0.3, 0.4) is 0 Å². The van der Waals surface area contributed by atoms with Crippen molar-refractivity contribution in [2.45, 2.75) is 39.2 Å². The Morgan fingerprint density at radius 3 is 2.62 bits per heavy atom. The van der Waals surface area contributed by atoms with E-state index in [-0.39, 0.29) is 5.91 Å². The number of hydrogen-bond donors (Lipinski definition) is 2. The molecule has 0 aromatic heterocycles. The van der Waals surface area contributed by atoms with E-state index in [1.165, 1.54) is 19.3 Å². The summed E-state index contributed by atoms with van der Waals surface area (Å²) in [5, 5.41) is 6.27. The minimum Gasteiger partial charge on any atom is -0.355 e. The smallest absolute Gasteiger partial charge is 0.216 e. The molecule has 4 heteroatoms. The molecule has 0 spiro atoms. The monoisotopic (exact) mass is 227 g/mol. The van der Waals surface area contributed by atoms with Crippen LogP contribution in [-0.2, 0) is 4.79 Å². The average Bonchev–Trinajstić information content (AvgIpc) is 2.29. The van der Waals surface area contributed by atoms with Gasteiger partial charge in [0, 0.05) is 26.1 Å². The highest BCUT2D eigenvalue weighted by Crippen LogP contribution is 2.11. The molecule has 1 aliphatic rings. The zero-order chi connectivity index (χ0) is 11.8. The van der Waals surface area contributed by atoms with E-state index in [1.807, 2.05) is 0 Å². The number of rotatable bonds is 6. The van der Waals surface area contributed by atoms with Crippen LogP contribution in [0.4, 0.5) is 0 Å².